The van der Waals surface area contributed by atoms with E-state index in [9.17, 15) is 5.21 Å². The van der Waals surface area contributed by atoms with Gasteiger partial charge in [-0.2, -0.15) is 10.2 Å². The summed E-state index contributed by atoms with van der Waals surface area (Å²) in [6, 6.07) is 10.8. The van der Waals surface area contributed by atoms with E-state index in [2.05, 4.69) is 25.3 Å². The standard InChI is InChI=1S/C21H26N6O4/c1-30-13-11-23-19-17(4-2-10-22-19)20-24-21(31-25-20)18-5-3-12-26(18)14-15-6-8-16(9-7-15)27(28)29/h2,4,6-10,18,27-28H,3,5,11-14H2,1H3,(H,22,23)/t18-/m0/s1. The van der Waals surface area contributed by atoms with E-state index in [0.717, 1.165) is 30.5 Å². The monoisotopic (exact) mass is 426 g/mol. The Kier molecular flexibility index (Phi) is 6.85. The summed E-state index contributed by atoms with van der Waals surface area (Å²) >= 11 is 0. The Bertz CT molecular complexity index is 978. The van der Waals surface area contributed by atoms with E-state index in [-0.39, 0.29) is 11.7 Å². The van der Waals surface area contributed by atoms with Crippen LogP contribution in [-0.4, -0.2) is 52.0 Å². The highest BCUT2D eigenvalue weighted by Gasteiger charge is 2.31. The molecule has 164 valence electrons. The van der Waals surface area contributed by atoms with Crippen molar-refractivity contribution in [2.75, 3.05) is 32.1 Å². The van der Waals surface area contributed by atoms with Crippen LogP contribution in [0.25, 0.3) is 11.4 Å². The van der Waals surface area contributed by atoms with Crippen LogP contribution in [0.3, 0.4) is 0 Å². The van der Waals surface area contributed by atoms with E-state index in [0.29, 0.717) is 37.2 Å². The van der Waals surface area contributed by atoms with Crippen molar-refractivity contribution in [1.82, 2.24) is 20.0 Å². The summed E-state index contributed by atoms with van der Waals surface area (Å²) < 4.78 is 10.7. The normalized spacial score (nSPS) is 17.7. The number of anilines is 1. The Labute approximate surface area is 180 Å². The van der Waals surface area contributed by atoms with Crippen LogP contribution in [0.1, 0.15) is 30.3 Å². The maximum Gasteiger partial charge on any atom is 0.244 e. The molecule has 10 heteroatoms. The number of likely N-dealkylation sites (tertiary alicyclic amines) is 1. The smallest absolute Gasteiger partial charge is 0.244 e. The number of benzene rings is 1. The number of quaternary nitrogens is 1. The highest BCUT2D eigenvalue weighted by Crippen LogP contribution is 2.34. The molecule has 4 rings (SSSR count). The predicted molar refractivity (Wildman–Crippen MR) is 112 cm³/mol. The van der Waals surface area contributed by atoms with Gasteiger partial charge >= 0.3 is 0 Å². The molecular weight excluding hydrogens is 400 g/mol. The Morgan fingerprint density at radius 2 is 2.16 bits per heavy atom. The SMILES string of the molecule is COCCNc1ncccc1-c1noc([C@@H]2CCCN2Cc2ccc([NH+]([O-])O)cc2)n1. The van der Waals surface area contributed by atoms with Crippen LogP contribution in [0.5, 0.6) is 0 Å². The molecule has 3 aromatic rings. The lowest BCUT2D eigenvalue weighted by Crippen LogP contribution is -2.99. The van der Waals surface area contributed by atoms with Gasteiger partial charge in [-0.15, -0.1) is 0 Å². The van der Waals surface area contributed by atoms with Crippen molar-refractivity contribution in [3.05, 3.63) is 59.3 Å². The van der Waals surface area contributed by atoms with Gasteiger partial charge < -0.3 is 19.8 Å². The summed E-state index contributed by atoms with van der Waals surface area (Å²) in [4.78, 5) is 11.3. The molecule has 0 aliphatic carbocycles. The topological polar surface area (TPSA) is 124 Å². The lowest BCUT2D eigenvalue weighted by atomic mass is 10.1. The second-order valence-corrected chi connectivity index (χ2v) is 7.41. The molecule has 10 nitrogen and oxygen atoms in total. The highest BCUT2D eigenvalue weighted by atomic mass is 16.8. The minimum atomic E-state index is -0.921. The fourth-order valence-electron chi connectivity index (χ4n) is 3.76. The Morgan fingerprint density at radius 3 is 2.94 bits per heavy atom. The molecule has 3 N–H and O–H groups in total. The first kappa shape index (κ1) is 21.3. The van der Waals surface area contributed by atoms with Crippen LogP contribution < -0.4 is 10.5 Å². The number of methoxy groups -OCH3 is 1. The summed E-state index contributed by atoms with van der Waals surface area (Å²) in [5.41, 5.74) is 2.12. The van der Waals surface area contributed by atoms with Gasteiger partial charge in [0.2, 0.25) is 11.7 Å². The number of ether oxygens (including phenoxy) is 1. The number of hydrogen-bond donors (Lipinski definition) is 3. The molecule has 1 unspecified atom stereocenters. The molecule has 31 heavy (non-hydrogen) atoms. The summed E-state index contributed by atoms with van der Waals surface area (Å²) in [5, 5.41) is 26.6. The van der Waals surface area contributed by atoms with E-state index in [1.165, 1.54) is 0 Å². The van der Waals surface area contributed by atoms with Crippen molar-refractivity contribution < 1.29 is 19.7 Å². The van der Waals surface area contributed by atoms with E-state index >= 15 is 0 Å². The molecule has 1 aliphatic heterocycles. The summed E-state index contributed by atoms with van der Waals surface area (Å²) in [6.45, 7) is 2.80. The molecule has 0 amide bonds. The van der Waals surface area contributed by atoms with E-state index in [1.54, 1.807) is 25.4 Å². The molecule has 2 aromatic heterocycles. The van der Waals surface area contributed by atoms with Crippen molar-refractivity contribution in [2.45, 2.75) is 25.4 Å². The first-order valence-electron chi connectivity index (χ1n) is 10.2. The fraction of sp³-hybridized carbons (Fsp3) is 0.381. The molecule has 0 saturated carbocycles. The Hall–Kier alpha value is -2.89. The first-order valence-corrected chi connectivity index (χ1v) is 10.2. The number of aromatic nitrogens is 3. The van der Waals surface area contributed by atoms with Gasteiger partial charge in [0.05, 0.1) is 18.2 Å². The van der Waals surface area contributed by atoms with E-state index < -0.39 is 5.23 Å². The van der Waals surface area contributed by atoms with Gasteiger partial charge in [-0.3, -0.25) is 4.90 Å². The molecule has 1 fully saturated rings. The zero-order valence-electron chi connectivity index (χ0n) is 17.3. The largest absolute Gasteiger partial charge is 0.595 e. The average Bonchev–Trinajstić information content (AvgIpc) is 3.44. The molecule has 1 saturated heterocycles. The van der Waals surface area contributed by atoms with Gasteiger partial charge in [-0.25, -0.2) is 10.2 Å². The lowest BCUT2D eigenvalue weighted by Gasteiger charge is -2.21. The number of nitrogens with one attached hydrogen (secondary N) is 2. The maximum atomic E-state index is 11.1. The van der Waals surface area contributed by atoms with Crippen LogP contribution >= 0.6 is 0 Å². The summed E-state index contributed by atoms with van der Waals surface area (Å²) in [7, 11) is 1.65. The molecule has 0 radical (unpaired) electrons. The molecule has 2 atom stereocenters. The van der Waals surface area contributed by atoms with Crippen molar-refractivity contribution in [2.24, 2.45) is 0 Å². The van der Waals surface area contributed by atoms with Crippen LogP contribution in [0.15, 0.2) is 47.1 Å². The van der Waals surface area contributed by atoms with Crippen molar-refractivity contribution in [1.29, 1.82) is 0 Å². The molecule has 0 bridgehead atoms. The van der Waals surface area contributed by atoms with E-state index in [4.69, 9.17) is 14.5 Å². The number of pyridine rings is 1. The molecule has 1 aliphatic rings. The van der Waals surface area contributed by atoms with Gasteiger partial charge in [-0.05, 0) is 37.1 Å². The third kappa shape index (κ3) is 5.06. The Morgan fingerprint density at radius 1 is 1.32 bits per heavy atom. The molecule has 1 aromatic carbocycles. The third-order valence-corrected chi connectivity index (χ3v) is 5.32. The first-order chi connectivity index (χ1) is 15.2. The van der Waals surface area contributed by atoms with Gasteiger partial charge in [-0.1, -0.05) is 17.3 Å². The van der Waals surface area contributed by atoms with Gasteiger partial charge in [0.1, 0.15) is 5.82 Å². The van der Waals surface area contributed by atoms with Gasteiger partial charge in [0.15, 0.2) is 5.69 Å². The molecule has 0 spiro atoms. The average molecular weight is 426 g/mol. The Balaban J connectivity index is 1.48. The summed E-state index contributed by atoms with van der Waals surface area (Å²) in [5.74, 6) is 1.77. The molecule has 3 heterocycles. The lowest BCUT2D eigenvalue weighted by molar-refractivity contribution is -0.991. The van der Waals surface area contributed by atoms with Crippen LogP contribution in [0.4, 0.5) is 11.5 Å². The van der Waals surface area contributed by atoms with Crippen molar-refractivity contribution in [3.8, 4) is 11.4 Å². The van der Waals surface area contributed by atoms with Crippen LogP contribution in [0.2, 0.25) is 0 Å². The zero-order valence-corrected chi connectivity index (χ0v) is 17.3. The minimum absolute atomic E-state index is 0.0296. The van der Waals surface area contributed by atoms with Gasteiger partial charge in [0, 0.05) is 38.5 Å². The van der Waals surface area contributed by atoms with Gasteiger partial charge in [0.25, 0.3) is 0 Å². The van der Waals surface area contributed by atoms with E-state index in [1.807, 2.05) is 24.3 Å². The maximum absolute atomic E-state index is 11.1. The quantitative estimate of drug-likeness (QED) is 0.348. The summed E-state index contributed by atoms with van der Waals surface area (Å²) in [6.07, 6.45) is 3.68. The zero-order chi connectivity index (χ0) is 21.6. The second-order valence-electron chi connectivity index (χ2n) is 7.41. The predicted octanol–water partition coefficient (Wildman–Crippen LogP) is 1.93. The number of nitrogens with zero attached hydrogens (tertiary/aromatic N) is 4. The number of rotatable bonds is 9. The van der Waals surface area contributed by atoms with Crippen molar-refractivity contribution in [3.63, 3.8) is 0 Å². The van der Waals surface area contributed by atoms with Crippen LogP contribution in [-0.2, 0) is 11.3 Å². The van der Waals surface area contributed by atoms with Crippen molar-refractivity contribution >= 4 is 11.5 Å². The fourth-order valence-corrected chi connectivity index (χ4v) is 3.76. The van der Waals surface area contributed by atoms with Crippen LogP contribution in [0, 0.1) is 5.21 Å². The second kappa shape index (κ2) is 9.94. The number of hydrogen-bond acceptors (Lipinski definition) is 9. The highest BCUT2D eigenvalue weighted by molar-refractivity contribution is 5.69. The molecular formula is C21H26N6O4. The third-order valence-electron chi connectivity index (χ3n) is 5.32. The minimum Gasteiger partial charge on any atom is -0.595 e.